The van der Waals surface area contributed by atoms with Crippen molar-refractivity contribution in [2.45, 2.75) is 12.8 Å². The minimum absolute atomic E-state index is 0.0785. The fraction of sp³-hybridized carbons (Fsp3) is 0.222. The highest BCUT2D eigenvalue weighted by Gasteiger charge is 2.21. The van der Waals surface area contributed by atoms with Crippen molar-refractivity contribution in [1.29, 1.82) is 0 Å². The summed E-state index contributed by atoms with van der Waals surface area (Å²) in [5.41, 5.74) is 1.44. The van der Waals surface area contributed by atoms with Gasteiger partial charge in [0.15, 0.2) is 0 Å². The third-order valence-electron chi connectivity index (χ3n) is 3.88. The molecule has 0 saturated carbocycles. The first-order valence-electron chi connectivity index (χ1n) is 8.13. The van der Waals surface area contributed by atoms with Crippen LogP contribution in [0.3, 0.4) is 0 Å². The molecule has 134 valence electrons. The summed E-state index contributed by atoms with van der Waals surface area (Å²) < 4.78 is 0. The van der Waals surface area contributed by atoms with Gasteiger partial charge in [-0.25, -0.2) is 0 Å². The van der Waals surface area contributed by atoms with E-state index in [2.05, 4.69) is 15.6 Å². The van der Waals surface area contributed by atoms with Gasteiger partial charge in [0.05, 0.1) is 6.54 Å². The summed E-state index contributed by atoms with van der Waals surface area (Å²) in [6, 6.07) is 10.0. The quantitative estimate of drug-likeness (QED) is 0.841. The molecule has 8 heteroatoms. The number of rotatable bonds is 5. The molecular formula is C18H17ClN4O3. The largest absolute Gasteiger partial charge is 0.342 e. The molecule has 0 unspecified atom stereocenters. The van der Waals surface area contributed by atoms with Crippen molar-refractivity contribution in [3.8, 4) is 0 Å². The van der Waals surface area contributed by atoms with E-state index in [-0.39, 0.29) is 24.1 Å². The van der Waals surface area contributed by atoms with E-state index >= 15 is 0 Å². The van der Waals surface area contributed by atoms with Crippen molar-refractivity contribution in [3.05, 3.63) is 53.3 Å². The van der Waals surface area contributed by atoms with Crippen LogP contribution >= 0.6 is 11.6 Å². The fourth-order valence-electron chi connectivity index (χ4n) is 2.66. The summed E-state index contributed by atoms with van der Waals surface area (Å²) in [5, 5.41) is 5.58. The molecule has 1 fully saturated rings. The van der Waals surface area contributed by atoms with Crippen LogP contribution in [-0.2, 0) is 9.59 Å². The maximum atomic E-state index is 12.1. The van der Waals surface area contributed by atoms with Crippen LogP contribution in [0.4, 0.5) is 11.4 Å². The molecule has 26 heavy (non-hydrogen) atoms. The molecule has 0 radical (unpaired) electrons. The van der Waals surface area contributed by atoms with E-state index in [1.807, 2.05) is 6.07 Å². The minimum atomic E-state index is -0.487. The molecule has 0 spiro atoms. The molecule has 2 heterocycles. The van der Waals surface area contributed by atoms with Gasteiger partial charge in [0.2, 0.25) is 11.8 Å². The molecule has 0 bridgehead atoms. The number of nitrogens with one attached hydrogen (secondary N) is 2. The number of halogens is 1. The smallest absolute Gasteiger partial charge is 0.270 e. The zero-order valence-corrected chi connectivity index (χ0v) is 14.6. The Labute approximate surface area is 155 Å². The topological polar surface area (TPSA) is 91.4 Å². The van der Waals surface area contributed by atoms with Crippen molar-refractivity contribution in [3.63, 3.8) is 0 Å². The second kappa shape index (κ2) is 7.97. The van der Waals surface area contributed by atoms with E-state index in [1.165, 1.54) is 12.3 Å². The maximum Gasteiger partial charge on any atom is 0.270 e. The van der Waals surface area contributed by atoms with E-state index in [4.69, 9.17) is 11.6 Å². The highest BCUT2D eigenvalue weighted by atomic mass is 35.5. The Bertz CT molecular complexity index is 856. The molecule has 1 aliphatic heterocycles. The number of nitrogens with zero attached hydrogens (tertiary/aromatic N) is 2. The van der Waals surface area contributed by atoms with Gasteiger partial charge in [0, 0.05) is 35.6 Å². The predicted octanol–water partition coefficient (Wildman–Crippen LogP) is 2.23. The summed E-state index contributed by atoms with van der Waals surface area (Å²) in [7, 11) is 0. The lowest BCUT2D eigenvalue weighted by atomic mass is 10.2. The molecule has 0 aliphatic carbocycles. The van der Waals surface area contributed by atoms with E-state index in [1.54, 1.807) is 29.2 Å². The van der Waals surface area contributed by atoms with Gasteiger partial charge in [-0.1, -0.05) is 17.7 Å². The number of benzene rings is 1. The number of carbonyl (C=O) groups excluding carboxylic acids is 3. The highest BCUT2D eigenvalue weighted by Crippen LogP contribution is 2.24. The first kappa shape index (κ1) is 17.9. The van der Waals surface area contributed by atoms with Gasteiger partial charge < -0.3 is 15.5 Å². The summed E-state index contributed by atoms with van der Waals surface area (Å²) in [6.45, 7) is 0.471. The van der Waals surface area contributed by atoms with Crippen molar-refractivity contribution in [1.82, 2.24) is 10.3 Å². The van der Waals surface area contributed by atoms with Crippen LogP contribution in [-0.4, -0.2) is 35.8 Å². The third-order valence-corrected chi connectivity index (χ3v) is 4.11. The summed E-state index contributed by atoms with van der Waals surface area (Å²) >= 11 is 5.81. The van der Waals surface area contributed by atoms with E-state index in [0.29, 0.717) is 23.7 Å². The van der Waals surface area contributed by atoms with Crippen LogP contribution < -0.4 is 15.5 Å². The number of hydrogen-bond donors (Lipinski definition) is 2. The Morgan fingerprint density at radius 1 is 1.23 bits per heavy atom. The zero-order valence-electron chi connectivity index (χ0n) is 13.9. The lowest BCUT2D eigenvalue weighted by Crippen LogP contribution is -2.33. The molecule has 1 aromatic heterocycles. The van der Waals surface area contributed by atoms with Crippen LogP contribution in [0.1, 0.15) is 23.3 Å². The number of anilines is 2. The minimum Gasteiger partial charge on any atom is -0.342 e. The Kier molecular flexibility index (Phi) is 5.48. The molecule has 7 nitrogen and oxygen atoms in total. The van der Waals surface area contributed by atoms with Crippen molar-refractivity contribution in [2.24, 2.45) is 0 Å². The Hall–Kier alpha value is -2.93. The molecule has 3 amide bonds. The third kappa shape index (κ3) is 4.37. The summed E-state index contributed by atoms with van der Waals surface area (Å²) in [4.78, 5) is 41.4. The first-order chi connectivity index (χ1) is 12.5. The second-order valence-electron chi connectivity index (χ2n) is 5.79. The molecule has 1 saturated heterocycles. The van der Waals surface area contributed by atoms with Gasteiger partial charge in [0.25, 0.3) is 5.91 Å². The average Bonchev–Trinajstić information content (AvgIpc) is 3.06. The fourth-order valence-corrected chi connectivity index (χ4v) is 2.82. The molecular weight excluding hydrogens is 356 g/mol. The molecule has 1 aliphatic rings. The molecule has 2 N–H and O–H groups in total. The number of carbonyl (C=O) groups is 3. The van der Waals surface area contributed by atoms with Crippen LogP contribution in [0.25, 0.3) is 0 Å². The Morgan fingerprint density at radius 2 is 2.08 bits per heavy atom. The maximum absolute atomic E-state index is 12.1. The summed E-state index contributed by atoms with van der Waals surface area (Å²) in [6.07, 6.45) is 2.79. The normalized spacial score (nSPS) is 13.6. The van der Waals surface area contributed by atoms with Crippen LogP contribution in [0.15, 0.2) is 42.6 Å². The van der Waals surface area contributed by atoms with Crippen LogP contribution in [0.5, 0.6) is 0 Å². The Balaban J connectivity index is 1.56. The number of amides is 3. The number of hydrogen-bond acceptors (Lipinski definition) is 4. The monoisotopic (exact) mass is 372 g/mol. The van der Waals surface area contributed by atoms with Crippen molar-refractivity contribution in [2.75, 3.05) is 23.3 Å². The van der Waals surface area contributed by atoms with Crippen LogP contribution in [0.2, 0.25) is 5.02 Å². The SMILES string of the molecule is O=C(CNC(=O)c1cc(Cl)ccn1)Nc1cccc(N2CCCC2=O)c1. The van der Waals surface area contributed by atoms with E-state index in [0.717, 1.165) is 12.1 Å². The summed E-state index contributed by atoms with van der Waals surface area (Å²) in [5.74, 6) is -0.792. The van der Waals surface area contributed by atoms with Gasteiger partial charge in [0.1, 0.15) is 5.69 Å². The molecule has 2 aromatic rings. The lowest BCUT2D eigenvalue weighted by Gasteiger charge is -2.16. The lowest BCUT2D eigenvalue weighted by molar-refractivity contribution is -0.117. The van der Waals surface area contributed by atoms with Gasteiger partial charge in [-0.3, -0.25) is 19.4 Å². The van der Waals surface area contributed by atoms with Crippen molar-refractivity contribution < 1.29 is 14.4 Å². The molecule has 0 atom stereocenters. The first-order valence-corrected chi connectivity index (χ1v) is 8.51. The highest BCUT2D eigenvalue weighted by molar-refractivity contribution is 6.30. The van der Waals surface area contributed by atoms with Crippen LogP contribution in [0, 0.1) is 0 Å². The zero-order chi connectivity index (χ0) is 18.5. The van der Waals surface area contributed by atoms with E-state index in [9.17, 15) is 14.4 Å². The van der Waals surface area contributed by atoms with E-state index < -0.39 is 5.91 Å². The Morgan fingerprint density at radius 3 is 2.81 bits per heavy atom. The van der Waals surface area contributed by atoms with Gasteiger partial charge in [-0.2, -0.15) is 0 Å². The molecule has 3 rings (SSSR count). The van der Waals surface area contributed by atoms with Crippen molar-refractivity contribution >= 4 is 40.7 Å². The standard InChI is InChI=1S/C18H17ClN4O3/c19-12-6-7-20-15(9-12)18(26)21-11-16(24)22-13-3-1-4-14(10-13)23-8-2-5-17(23)25/h1,3-4,6-7,9-10H,2,5,8,11H2,(H,21,26)(H,22,24). The van der Waals surface area contributed by atoms with Gasteiger partial charge in [-0.05, 0) is 36.8 Å². The van der Waals surface area contributed by atoms with Gasteiger partial charge >= 0.3 is 0 Å². The number of aromatic nitrogens is 1. The average molecular weight is 373 g/mol. The second-order valence-corrected chi connectivity index (χ2v) is 6.23. The predicted molar refractivity (Wildman–Crippen MR) is 98.2 cm³/mol. The van der Waals surface area contributed by atoms with Gasteiger partial charge in [-0.15, -0.1) is 0 Å². The number of pyridine rings is 1. The molecule has 1 aromatic carbocycles.